The van der Waals surface area contributed by atoms with Gasteiger partial charge in [-0.1, -0.05) is 47.6 Å². The molecule has 0 aromatic heterocycles. The van der Waals surface area contributed by atoms with Gasteiger partial charge in [-0.3, -0.25) is 4.79 Å². The minimum absolute atomic E-state index is 0.0365. The van der Waals surface area contributed by atoms with Crippen molar-refractivity contribution in [3.63, 3.8) is 0 Å². The topological polar surface area (TPSA) is 44.8 Å². The lowest BCUT2D eigenvalue weighted by atomic mass is 9.79. The normalized spacial score (nSPS) is 12.3. The Morgan fingerprint density at radius 3 is 2.13 bits per heavy atom. The predicted molar refractivity (Wildman–Crippen MR) is 92.6 cm³/mol. The van der Waals surface area contributed by atoms with E-state index in [0.29, 0.717) is 24.5 Å². The number of aldehydes is 1. The molecule has 1 aromatic carbocycles. The van der Waals surface area contributed by atoms with Gasteiger partial charge in [0.15, 0.2) is 13.1 Å². The molecule has 0 saturated heterocycles. The van der Waals surface area contributed by atoms with Crippen molar-refractivity contribution in [3.05, 3.63) is 28.8 Å². The Kier molecular flexibility index (Phi) is 6.78. The van der Waals surface area contributed by atoms with Crippen LogP contribution in [0, 0.1) is 0 Å². The summed E-state index contributed by atoms with van der Waals surface area (Å²) in [6, 6.07) is 4.05. The highest BCUT2D eigenvalue weighted by Crippen LogP contribution is 2.37. The van der Waals surface area contributed by atoms with Crippen molar-refractivity contribution in [2.45, 2.75) is 52.4 Å². The number of hydrogen-bond donors (Lipinski definition) is 0. The van der Waals surface area contributed by atoms with Gasteiger partial charge in [-0.2, -0.15) is 0 Å². The number of ether oxygens (including phenoxy) is 3. The van der Waals surface area contributed by atoms with Crippen molar-refractivity contribution in [2.24, 2.45) is 0 Å². The minimum Gasteiger partial charge on any atom is -0.466 e. The van der Waals surface area contributed by atoms with E-state index >= 15 is 0 Å². The summed E-state index contributed by atoms with van der Waals surface area (Å²) >= 11 is 0. The highest BCUT2D eigenvalue weighted by atomic mass is 16.7. The third-order valence-corrected chi connectivity index (χ3v) is 3.64. The summed E-state index contributed by atoms with van der Waals surface area (Å²) in [6.07, 6.45) is 0.856. The molecule has 23 heavy (non-hydrogen) atoms. The second-order valence-corrected chi connectivity index (χ2v) is 7.72. The molecule has 0 fully saturated rings. The molecule has 0 aliphatic carbocycles. The summed E-state index contributed by atoms with van der Waals surface area (Å²) in [4.78, 5) is 11.6. The van der Waals surface area contributed by atoms with Gasteiger partial charge in [0, 0.05) is 12.7 Å². The van der Waals surface area contributed by atoms with Crippen molar-refractivity contribution in [3.8, 4) is 5.75 Å². The number of benzene rings is 1. The molecule has 1 aromatic rings. The second kappa shape index (κ2) is 7.93. The molecular formula is C19H30O4. The average Bonchev–Trinajstić information content (AvgIpc) is 2.44. The van der Waals surface area contributed by atoms with Crippen LogP contribution in [0.25, 0.3) is 0 Å². The first-order valence-electron chi connectivity index (χ1n) is 7.95. The fourth-order valence-corrected chi connectivity index (χ4v) is 2.19. The molecule has 130 valence electrons. The zero-order chi connectivity index (χ0) is 17.7. The van der Waals surface area contributed by atoms with Gasteiger partial charge < -0.3 is 14.2 Å². The quantitative estimate of drug-likeness (QED) is 0.431. The smallest absolute Gasteiger partial charge is 0.189 e. The molecule has 0 aliphatic heterocycles. The minimum atomic E-state index is -0.138. The van der Waals surface area contributed by atoms with Crippen molar-refractivity contribution in [1.29, 1.82) is 0 Å². The molecule has 0 N–H and O–H groups in total. The molecule has 0 saturated carbocycles. The Hall–Kier alpha value is -1.39. The van der Waals surface area contributed by atoms with Gasteiger partial charge in [0.2, 0.25) is 0 Å². The van der Waals surface area contributed by atoms with E-state index in [0.717, 1.165) is 17.4 Å². The zero-order valence-electron chi connectivity index (χ0n) is 15.5. The Morgan fingerprint density at radius 2 is 1.65 bits per heavy atom. The highest BCUT2D eigenvalue weighted by Gasteiger charge is 2.26. The van der Waals surface area contributed by atoms with Crippen LogP contribution in [0.4, 0.5) is 0 Å². The number of carbonyl (C=O) groups excluding carboxylic acids is 1. The predicted octanol–water partition coefficient (Wildman–Crippen LogP) is 4.09. The summed E-state index contributed by atoms with van der Waals surface area (Å²) in [5.41, 5.74) is 2.53. The SMILES string of the molecule is COCCOCOc1c(C=O)cc(C(C)(C)C)cc1C(C)(C)C. The largest absolute Gasteiger partial charge is 0.466 e. The van der Waals surface area contributed by atoms with E-state index in [1.807, 2.05) is 6.07 Å². The molecule has 0 aliphatic rings. The fraction of sp³-hybridized carbons (Fsp3) is 0.632. The van der Waals surface area contributed by atoms with Crippen LogP contribution < -0.4 is 4.74 Å². The molecule has 0 heterocycles. The van der Waals surface area contributed by atoms with E-state index in [1.165, 1.54) is 0 Å². The monoisotopic (exact) mass is 322 g/mol. The van der Waals surface area contributed by atoms with E-state index in [4.69, 9.17) is 14.2 Å². The van der Waals surface area contributed by atoms with E-state index in [1.54, 1.807) is 7.11 Å². The van der Waals surface area contributed by atoms with Crippen LogP contribution in [0.2, 0.25) is 0 Å². The lowest BCUT2D eigenvalue weighted by Gasteiger charge is -2.28. The van der Waals surface area contributed by atoms with Crippen molar-refractivity contribution >= 4 is 6.29 Å². The zero-order valence-corrected chi connectivity index (χ0v) is 15.5. The maximum atomic E-state index is 11.6. The molecule has 4 nitrogen and oxygen atoms in total. The van der Waals surface area contributed by atoms with Crippen LogP contribution in [-0.2, 0) is 20.3 Å². The summed E-state index contributed by atoms with van der Waals surface area (Å²) in [5, 5.41) is 0. The van der Waals surface area contributed by atoms with E-state index in [9.17, 15) is 4.79 Å². The molecule has 0 unspecified atom stereocenters. The lowest BCUT2D eigenvalue weighted by molar-refractivity contribution is -0.00940. The van der Waals surface area contributed by atoms with Gasteiger partial charge in [0.05, 0.1) is 18.8 Å². The Morgan fingerprint density at radius 1 is 1.00 bits per heavy atom. The first-order chi connectivity index (χ1) is 10.6. The van der Waals surface area contributed by atoms with Crippen molar-refractivity contribution < 1.29 is 19.0 Å². The molecule has 0 amide bonds. The van der Waals surface area contributed by atoms with Crippen LogP contribution in [0.1, 0.15) is 63.0 Å². The fourth-order valence-electron chi connectivity index (χ4n) is 2.19. The maximum absolute atomic E-state index is 11.6. The van der Waals surface area contributed by atoms with Gasteiger partial charge in [-0.15, -0.1) is 0 Å². The van der Waals surface area contributed by atoms with E-state index in [2.05, 4.69) is 47.6 Å². The van der Waals surface area contributed by atoms with Gasteiger partial charge in [0.1, 0.15) is 5.75 Å². The third-order valence-electron chi connectivity index (χ3n) is 3.64. The van der Waals surface area contributed by atoms with E-state index in [-0.39, 0.29) is 17.6 Å². The van der Waals surface area contributed by atoms with Crippen molar-refractivity contribution in [1.82, 2.24) is 0 Å². The maximum Gasteiger partial charge on any atom is 0.189 e. The lowest BCUT2D eigenvalue weighted by Crippen LogP contribution is -2.20. The van der Waals surface area contributed by atoms with Crippen molar-refractivity contribution in [2.75, 3.05) is 27.1 Å². The summed E-state index contributed by atoms with van der Waals surface area (Å²) < 4.78 is 16.1. The Balaban J connectivity index is 3.18. The average molecular weight is 322 g/mol. The molecular weight excluding hydrogens is 292 g/mol. The molecule has 4 heteroatoms. The molecule has 0 atom stereocenters. The Labute approximate surface area is 140 Å². The summed E-state index contributed by atoms with van der Waals surface area (Å²) in [6.45, 7) is 13.8. The van der Waals surface area contributed by atoms with Crippen LogP contribution in [0.3, 0.4) is 0 Å². The van der Waals surface area contributed by atoms with Gasteiger partial charge in [-0.25, -0.2) is 0 Å². The van der Waals surface area contributed by atoms with Crippen LogP contribution in [0.15, 0.2) is 12.1 Å². The highest BCUT2D eigenvalue weighted by molar-refractivity contribution is 5.81. The molecule has 0 spiro atoms. The standard InChI is InChI=1S/C19H30O4/c1-18(2,3)15-10-14(12-20)17(16(11-15)19(4,5)6)23-13-22-9-8-21-7/h10-12H,8-9,13H2,1-7H3. The second-order valence-electron chi connectivity index (χ2n) is 7.72. The molecule has 1 rings (SSSR count). The number of carbonyl (C=O) groups is 1. The van der Waals surface area contributed by atoms with Crippen LogP contribution in [-0.4, -0.2) is 33.4 Å². The molecule has 0 radical (unpaired) electrons. The number of rotatable bonds is 7. The molecule has 0 bridgehead atoms. The summed E-state index contributed by atoms with van der Waals surface area (Å²) in [7, 11) is 1.62. The first-order valence-corrected chi connectivity index (χ1v) is 7.95. The van der Waals surface area contributed by atoms with Gasteiger partial charge in [-0.05, 0) is 22.5 Å². The summed E-state index contributed by atoms with van der Waals surface area (Å²) in [5.74, 6) is 0.609. The Bertz CT molecular complexity index is 521. The van der Waals surface area contributed by atoms with Crippen LogP contribution in [0.5, 0.6) is 5.75 Å². The van der Waals surface area contributed by atoms with E-state index < -0.39 is 0 Å². The van der Waals surface area contributed by atoms with Gasteiger partial charge >= 0.3 is 0 Å². The number of methoxy groups -OCH3 is 1. The van der Waals surface area contributed by atoms with Crippen LogP contribution >= 0.6 is 0 Å². The number of hydrogen-bond acceptors (Lipinski definition) is 4. The van der Waals surface area contributed by atoms with Gasteiger partial charge in [0.25, 0.3) is 0 Å². The first kappa shape index (κ1) is 19.7. The third kappa shape index (κ3) is 5.63.